The minimum Gasteiger partial charge on any atom is -0.398 e. The molecular weight excluding hydrogens is 252 g/mol. The molecule has 2 rings (SSSR count). The number of carbonyl (C=O) groups excluding carboxylic acids is 1. The van der Waals surface area contributed by atoms with Gasteiger partial charge in [0.25, 0.3) is 0 Å². The standard InChI is InChI=1S/C15H20N4O/c1-3-7-18-15(20)10-19(2)14-5-4-13(16)12-9-17-8-6-11(12)14/h4-6,8-9H,3,7,10,16H2,1-2H3,(H,18,20). The van der Waals surface area contributed by atoms with Gasteiger partial charge in [0.1, 0.15) is 0 Å². The molecule has 1 heterocycles. The van der Waals surface area contributed by atoms with Crippen molar-refractivity contribution in [2.45, 2.75) is 13.3 Å². The van der Waals surface area contributed by atoms with Crippen molar-refractivity contribution in [3.8, 4) is 0 Å². The van der Waals surface area contributed by atoms with Gasteiger partial charge >= 0.3 is 0 Å². The van der Waals surface area contributed by atoms with E-state index in [9.17, 15) is 4.79 Å². The second-order valence-electron chi connectivity index (χ2n) is 4.80. The van der Waals surface area contributed by atoms with Crippen molar-refractivity contribution in [1.82, 2.24) is 10.3 Å². The van der Waals surface area contributed by atoms with E-state index in [2.05, 4.69) is 10.3 Å². The molecule has 5 heteroatoms. The molecular formula is C15H20N4O. The normalized spacial score (nSPS) is 10.5. The monoisotopic (exact) mass is 272 g/mol. The summed E-state index contributed by atoms with van der Waals surface area (Å²) in [6.45, 7) is 3.06. The van der Waals surface area contributed by atoms with Gasteiger partial charge in [0.2, 0.25) is 5.91 Å². The molecule has 3 N–H and O–H groups in total. The molecule has 1 aromatic carbocycles. The summed E-state index contributed by atoms with van der Waals surface area (Å²) in [4.78, 5) is 17.8. The molecule has 0 fully saturated rings. The molecule has 1 amide bonds. The SMILES string of the molecule is CCCNC(=O)CN(C)c1ccc(N)c2cnccc12. The molecule has 2 aromatic rings. The van der Waals surface area contributed by atoms with Gasteiger partial charge in [-0.1, -0.05) is 6.92 Å². The summed E-state index contributed by atoms with van der Waals surface area (Å²) in [5.74, 6) is 0.0216. The molecule has 5 nitrogen and oxygen atoms in total. The lowest BCUT2D eigenvalue weighted by atomic mass is 10.1. The van der Waals surface area contributed by atoms with Crippen molar-refractivity contribution in [3.05, 3.63) is 30.6 Å². The Kier molecular flexibility index (Phi) is 4.40. The molecule has 0 unspecified atom stereocenters. The summed E-state index contributed by atoms with van der Waals surface area (Å²) in [6.07, 6.45) is 4.42. The molecule has 0 aliphatic rings. The summed E-state index contributed by atoms with van der Waals surface area (Å²) in [6, 6.07) is 5.70. The van der Waals surface area contributed by atoms with Gasteiger partial charge in [-0.3, -0.25) is 9.78 Å². The van der Waals surface area contributed by atoms with E-state index in [4.69, 9.17) is 5.73 Å². The third-order valence-corrected chi connectivity index (χ3v) is 3.19. The lowest BCUT2D eigenvalue weighted by molar-refractivity contribution is -0.119. The molecule has 0 radical (unpaired) electrons. The van der Waals surface area contributed by atoms with Crippen molar-refractivity contribution >= 4 is 28.1 Å². The second-order valence-corrected chi connectivity index (χ2v) is 4.80. The van der Waals surface area contributed by atoms with Crippen molar-refractivity contribution in [3.63, 3.8) is 0 Å². The number of nitrogens with two attached hydrogens (primary N) is 1. The van der Waals surface area contributed by atoms with Crippen LogP contribution in [0.25, 0.3) is 10.8 Å². The summed E-state index contributed by atoms with van der Waals surface area (Å²) in [5.41, 5.74) is 7.62. The number of nitrogen functional groups attached to an aromatic ring is 1. The Labute approximate surface area is 118 Å². The average molecular weight is 272 g/mol. The van der Waals surface area contributed by atoms with E-state index in [0.717, 1.165) is 22.9 Å². The number of nitrogens with zero attached hydrogens (tertiary/aromatic N) is 2. The van der Waals surface area contributed by atoms with Crippen LogP contribution in [0.4, 0.5) is 11.4 Å². The number of aromatic nitrogens is 1. The summed E-state index contributed by atoms with van der Waals surface area (Å²) >= 11 is 0. The van der Waals surface area contributed by atoms with Crippen molar-refractivity contribution in [2.75, 3.05) is 30.8 Å². The average Bonchev–Trinajstić information content (AvgIpc) is 2.45. The van der Waals surface area contributed by atoms with Crippen LogP contribution in [0.2, 0.25) is 0 Å². The van der Waals surface area contributed by atoms with Crippen molar-refractivity contribution in [2.24, 2.45) is 0 Å². The number of nitrogens with one attached hydrogen (secondary N) is 1. The zero-order valence-corrected chi connectivity index (χ0v) is 11.9. The lowest BCUT2D eigenvalue weighted by Gasteiger charge is -2.21. The molecule has 0 aliphatic carbocycles. The predicted molar refractivity (Wildman–Crippen MR) is 82.7 cm³/mol. The maximum absolute atomic E-state index is 11.8. The summed E-state index contributed by atoms with van der Waals surface area (Å²) in [7, 11) is 1.90. The van der Waals surface area contributed by atoms with E-state index in [1.54, 1.807) is 12.4 Å². The number of amides is 1. The summed E-state index contributed by atoms with van der Waals surface area (Å²) < 4.78 is 0. The molecule has 20 heavy (non-hydrogen) atoms. The molecule has 0 saturated heterocycles. The van der Waals surface area contributed by atoms with Crippen LogP contribution in [0.1, 0.15) is 13.3 Å². The predicted octanol–water partition coefficient (Wildman–Crippen LogP) is 1.78. The van der Waals surface area contributed by atoms with Crippen LogP contribution in [-0.4, -0.2) is 31.0 Å². The first kappa shape index (κ1) is 14.1. The zero-order valence-electron chi connectivity index (χ0n) is 11.9. The second kappa shape index (κ2) is 6.23. The number of likely N-dealkylation sites (N-methyl/N-ethyl adjacent to an activating group) is 1. The zero-order chi connectivity index (χ0) is 14.5. The van der Waals surface area contributed by atoms with E-state index in [0.29, 0.717) is 18.8 Å². The Morgan fingerprint density at radius 1 is 1.35 bits per heavy atom. The van der Waals surface area contributed by atoms with Crippen LogP contribution in [0.5, 0.6) is 0 Å². The van der Waals surface area contributed by atoms with Gasteiger partial charge in [0, 0.05) is 48.1 Å². The van der Waals surface area contributed by atoms with Crippen molar-refractivity contribution < 1.29 is 4.79 Å². The number of carbonyl (C=O) groups is 1. The number of fused-ring (bicyclic) bond motifs is 1. The van der Waals surface area contributed by atoms with E-state index in [-0.39, 0.29) is 5.91 Å². The minimum absolute atomic E-state index is 0.0216. The molecule has 0 bridgehead atoms. The first-order chi connectivity index (χ1) is 9.63. The molecule has 106 valence electrons. The largest absolute Gasteiger partial charge is 0.398 e. The van der Waals surface area contributed by atoms with Crippen LogP contribution >= 0.6 is 0 Å². The van der Waals surface area contributed by atoms with Crippen molar-refractivity contribution in [1.29, 1.82) is 0 Å². The fourth-order valence-electron chi connectivity index (χ4n) is 2.15. The maximum Gasteiger partial charge on any atom is 0.239 e. The van der Waals surface area contributed by atoms with Crippen LogP contribution in [0.3, 0.4) is 0 Å². The van der Waals surface area contributed by atoms with Gasteiger partial charge in [-0.15, -0.1) is 0 Å². The highest BCUT2D eigenvalue weighted by Gasteiger charge is 2.11. The first-order valence-electron chi connectivity index (χ1n) is 6.73. The number of pyridine rings is 1. The number of benzene rings is 1. The van der Waals surface area contributed by atoms with Gasteiger partial charge < -0.3 is 16.0 Å². The van der Waals surface area contributed by atoms with Crippen LogP contribution in [-0.2, 0) is 4.79 Å². The minimum atomic E-state index is 0.0216. The van der Waals surface area contributed by atoms with Gasteiger partial charge in [0.15, 0.2) is 0 Å². The number of rotatable bonds is 5. The molecule has 0 spiro atoms. The Bertz CT molecular complexity index is 612. The van der Waals surface area contributed by atoms with E-state index in [1.807, 2.05) is 37.1 Å². The highest BCUT2D eigenvalue weighted by atomic mass is 16.2. The molecule has 0 aliphatic heterocycles. The van der Waals surface area contributed by atoms with Crippen LogP contribution < -0.4 is 16.0 Å². The van der Waals surface area contributed by atoms with Gasteiger partial charge in [-0.05, 0) is 24.6 Å². The lowest BCUT2D eigenvalue weighted by Crippen LogP contribution is -2.35. The number of anilines is 2. The maximum atomic E-state index is 11.8. The molecule has 0 saturated carbocycles. The third-order valence-electron chi connectivity index (χ3n) is 3.19. The topological polar surface area (TPSA) is 71.2 Å². The quantitative estimate of drug-likeness (QED) is 0.814. The number of hydrogen-bond donors (Lipinski definition) is 2. The Morgan fingerprint density at radius 2 is 2.15 bits per heavy atom. The van der Waals surface area contributed by atoms with E-state index >= 15 is 0 Å². The smallest absolute Gasteiger partial charge is 0.239 e. The van der Waals surface area contributed by atoms with Crippen LogP contribution in [0.15, 0.2) is 30.6 Å². The highest BCUT2D eigenvalue weighted by molar-refractivity contribution is 6.01. The Morgan fingerprint density at radius 3 is 2.90 bits per heavy atom. The van der Waals surface area contributed by atoms with Crippen LogP contribution in [0, 0.1) is 0 Å². The van der Waals surface area contributed by atoms with E-state index in [1.165, 1.54) is 0 Å². The molecule has 1 aromatic heterocycles. The molecule has 0 atom stereocenters. The Hall–Kier alpha value is -2.30. The fraction of sp³-hybridized carbons (Fsp3) is 0.333. The van der Waals surface area contributed by atoms with Gasteiger partial charge in [-0.2, -0.15) is 0 Å². The number of hydrogen-bond acceptors (Lipinski definition) is 4. The fourth-order valence-corrected chi connectivity index (χ4v) is 2.15. The first-order valence-corrected chi connectivity index (χ1v) is 6.73. The third kappa shape index (κ3) is 2.99. The Balaban J connectivity index is 2.24. The highest BCUT2D eigenvalue weighted by Crippen LogP contribution is 2.29. The summed E-state index contributed by atoms with van der Waals surface area (Å²) in [5, 5.41) is 4.79. The van der Waals surface area contributed by atoms with E-state index < -0.39 is 0 Å². The van der Waals surface area contributed by atoms with Gasteiger partial charge in [-0.25, -0.2) is 0 Å². The van der Waals surface area contributed by atoms with Gasteiger partial charge in [0.05, 0.1) is 6.54 Å².